The Morgan fingerprint density at radius 3 is 2.44 bits per heavy atom. The van der Waals surface area contributed by atoms with E-state index in [1.54, 1.807) is 32.3 Å². The van der Waals surface area contributed by atoms with E-state index in [9.17, 15) is 4.79 Å². The van der Waals surface area contributed by atoms with Crippen LogP contribution in [0, 0.1) is 0 Å². The molecule has 0 spiro atoms. The molecule has 0 aliphatic carbocycles. The molecule has 1 N–H and O–H groups in total. The molecule has 0 saturated heterocycles. The largest absolute Gasteiger partial charge is 0.497 e. The van der Waals surface area contributed by atoms with Crippen molar-refractivity contribution in [2.75, 3.05) is 21.2 Å². The summed E-state index contributed by atoms with van der Waals surface area (Å²) in [7, 11) is 5.15. The van der Waals surface area contributed by atoms with Crippen LogP contribution in [0.2, 0.25) is 0 Å². The van der Waals surface area contributed by atoms with Gasteiger partial charge in [-0.05, 0) is 23.8 Å². The molecule has 0 aliphatic heterocycles. The molecule has 1 aromatic rings. The fourth-order valence-corrected chi connectivity index (χ4v) is 1.14. The summed E-state index contributed by atoms with van der Waals surface area (Å²) in [5, 5.41) is 1.60. The van der Waals surface area contributed by atoms with Gasteiger partial charge in [0.25, 0.3) is 5.91 Å². The fraction of sp³-hybridized carbons (Fsp3) is 0.250. The van der Waals surface area contributed by atoms with Crippen molar-refractivity contribution in [1.82, 2.24) is 10.4 Å². The number of nitrogens with one attached hydrogen (secondary N) is 1. The zero-order valence-electron chi connectivity index (χ0n) is 9.73. The van der Waals surface area contributed by atoms with Gasteiger partial charge in [0.2, 0.25) is 0 Å². The average Bonchev–Trinajstić information content (AvgIpc) is 2.26. The van der Waals surface area contributed by atoms with Crippen LogP contribution in [-0.4, -0.2) is 32.1 Å². The van der Waals surface area contributed by atoms with E-state index in [2.05, 4.69) is 5.43 Å². The molecule has 86 valence electrons. The van der Waals surface area contributed by atoms with E-state index in [1.807, 2.05) is 24.3 Å². The summed E-state index contributed by atoms with van der Waals surface area (Å²) in [6.07, 6.45) is 3.24. The van der Waals surface area contributed by atoms with E-state index in [4.69, 9.17) is 4.74 Å². The summed E-state index contributed by atoms with van der Waals surface area (Å²) in [5.41, 5.74) is 3.57. The van der Waals surface area contributed by atoms with Gasteiger partial charge in [-0.3, -0.25) is 10.2 Å². The molecule has 0 radical (unpaired) electrons. The van der Waals surface area contributed by atoms with E-state index < -0.39 is 0 Å². The van der Waals surface area contributed by atoms with Gasteiger partial charge in [0, 0.05) is 20.2 Å². The molecule has 1 aromatic carbocycles. The molecular formula is C12H16N2O2. The molecule has 4 nitrogen and oxygen atoms in total. The molecule has 1 amide bonds. The van der Waals surface area contributed by atoms with E-state index in [-0.39, 0.29) is 5.91 Å². The van der Waals surface area contributed by atoms with E-state index in [0.29, 0.717) is 0 Å². The van der Waals surface area contributed by atoms with E-state index in [0.717, 1.165) is 11.3 Å². The topological polar surface area (TPSA) is 41.6 Å². The van der Waals surface area contributed by atoms with Crippen molar-refractivity contribution in [3.63, 3.8) is 0 Å². The molecule has 4 heteroatoms. The molecule has 0 saturated carbocycles. The average molecular weight is 220 g/mol. The molecule has 0 unspecified atom stereocenters. The van der Waals surface area contributed by atoms with Crippen LogP contribution in [0.5, 0.6) is 5.75 Å². The fourth-order valence-electron chi connectivity index (χ4n) is 1.14. The number of rotatable bonds is 4. The maximum Gasteiger partial charge on any atom is 0.258 e. The summed E-state index contributed by atoms with van der Waals surface area (Å²) >= 11 is 0. The second-order valence-electron chi connectivity index (χ2n) is 3.48. The lowest BCUT2D eigenvalue weighted by molar-refractivity contribution is -0.119. The summed E-state index contributed by atoms with van der Waals surface area (Å²) in [6, 6.07) is 7.48. The number of methoxy groups -OCH3 is 1. The highest BCUT2D eigenvalue weighted by Gasteiger charge is 1.95. The Labute approximate surface area is 95.5 Å². The maximum atomic E-state index is 11.3. The number of amides is 1. The van der Waals surface area contributed by atoms with E-state index in [1.165, 1.54) is 6.08 Å². The third kappa shape index (κ3) is 4.14. The summed E-state index contributed by atoms with van der Waals surface area (Å²) < 4.78 is 5.04. The minimum Gasteiger partial charge on any atom is -0.497 e. The number of hydrazine groups is 1. The second-order valence-corrected chi connectivity index (χ2v) is 3.48. The normalized spacial score (nSPS) is 10.8. The molecule has 0 bridgehead atoms. The number of nitrogens with zero attached hydrogens (tertiary/aromatic N) is 1. The molecular weight excluding hydrogens is 204 g/mol. The zero-order valence-corrected chi connectivity index (χ0v) is 9.73. The smallest absolute Gasteiger partial charge is 0.258 e. The van der Waals surface area contributed by atoms with Crippen LogP contribution in [0.15, 0.2) is 30.3 Å². The quantitative estimate of drug-likeness (QED) is 0.614. The number of carbonyl (C=O) groups is 1. The minimum absolute atomic E-state index is 0.152. The van der Waals surface area contributed by atoms with Gasteiger partial charge in [-0.25, -0.2) is 5.01 Å². The Morgan fingerprint density at radius 2 is 1.94 bits per heavy atom. The van der Waals surface area contributed by atoms with Crippen molar-refractivity contribution >= 4 is 12.0 Å². The Kier molecular flexibility index (Phi) is 4.54. The molecule has 16 heavy (non-hydrogen) atoms. The van der Waals surface area contributed by atoms with Gasteiger partial charge in [-0.15, -0.1) is 0 Å². The van der Waals surface area contributed by atoms with Gasteiger partial charge >= 0.3 is 0 Å². The third-order valence-corrected chi connectivity index (χ3v) is 1.88. The Balaban J connectivity index is 2.58. The molecule has 0 aliphatic rings. The lowest BCUT2D eigenvalue weighted by atomic mass is 10.2. The molecule has 0 fully saturated rings. The van der Waals surface area contributed by atoms with Crippen molar-refractivity contribution in [1.29, 1.82) is 0 Å². The first-order chi connectivity index (χ1) is 7.61. The van der Waals surface area contributed by atoms with Crippen LogP contribution in [-0.2, 0) is 4.79 Å². The SMILES string of the molecule is COc1ccc(/C=C/C(=O)NN(C)C)cc1. The predicted molar refractivity (Wildman–Crippen MR) is 63.9 cm³/mol. The van der Waals surface area contributed by atoms with Gasteiger partial charge in [0.1, 0.15) is 5.75 Å². The molecule has 1 rings (SSSR count). The van der Waals surface area contributed by atoms with Crippen molar-refractivity contribution in [3.8, 4) is 5.75 Å². The minimum atomic E-state index is -0.152. The zero-order chi connectivity index (χ0) is 12.0. The van der Waals surface area contributed by atoms with Crippen molar-refractivity contribution in [3.05, 3.63) is 35.9 Å². The number of carbonyl (C=O) groups excluding carboxylic acids is 1. The van der Waals surface area contributed by atoms with Crippen LogP contribution in [0.1, 0.15) is 5.56 Å². The lowest BCUT2D eigenvalue weighted by Crippen LogP contribution is -2.34. The van der Waals surface area contributed by atoms with Crippen molar-refractivity contribution < 1.29 is 9.53 Å². The van der Waals surface area contributed by atoms with Crippen molar-refractivity contribution in [2.45, 2.75) is 0 Å². The number of benzene rings is 1. The third-order valence-electron chi connectivity index (χ3n) is 1.88. The van der Waals surface area contributed by atoms with Crippen LogP contribution >= 0.6 is 0 Å². The summed E-state index contributed by atoms with van der Waals surface area (Å²) in [4.78, 5) is 11.3. The number of hydrogen-bond donors (Lipinski definition) is 1. The Hall–Kier alpha value is -1.81. The molecule has 0 atom stereocenters. The van der Waals surface area contributed by atoms with Crippen LogP contribution < -0.4 is 10.2 Å². The highest BCUT2D eigenvalue weighted by molar-refractivity contribution is 5.91. The summed E-state index contributed by atoms with van der Waals surface area (Å²) in [6.45, 7) is 0. The van der Waals surface area contributed by atoms with Gasteiger partial charge < -0.3 is 4.74 Å². The lowest BCUT2D eigenvalue weighted by Gasteiger charge is -2.08. The second kappa shape index (κ2) is 5.92. The monoisotopic (exact) mass is 220 g/mol. The first-order valence-electron chi connectivity index (χ1n) is 4.92. The summed E-state index contributed by atoms with van der Waals surface area (Å²) in [5.74, 6) is 0.649. The van der Waals surface area contributed by atoms with Gasteiger partial charge in [0.05, 0.1) is 7.11 Å². The number of hydrogen-bond acceptors (Lipinski definition) is 3. The van der Waals surface area contributed by atoms with Crippen LogP contribution in [0.3, 0.4) is 0 Å². The van der Waals surface area contributed by atoms with E-state index >= 15 is 0 Å². The first-order valence-corrected chi connectivity index (χ1v) is 4.92. The van der Waals surface area contributed by atoms with Crippen molar-refractivity contribution in [2.24, 2.45) is 0 Å². The van der Waals surface area contributed by atoms with Gasteiger partial charge in [-0.2, -0.15) is 0 Å². The Morgan fingerprint density at radius 1 is 1.31 bits per heavy atom. The van der Waals surface area contributed by atoms with Gasteiger partial charge in [0.15, 0.2) is 0 Å². The molecule has 0 heterocycles. The highest BCUT2D eigenvalue weighted by atomic mass is 16.5. The maximum absolute atomic E-state index is 11.3. The standard InChI is InChI=1S/C12H16N2O2/c1-14(2)13-12(15)9-6-10-4-7-11(16-3)8-5-10/h4-9H,1-3H3,(H,13,15)/b9-6+. The van der Waals surface area contributed by atoms with Gasteiger partial charge in [-0.1, -0.05) is 12.1 Å². The predicted octanol–water partition coefficient (Wildman–Crippen LogP) is 1.30. The molecule has 0 aromatic heterocycles. The Bertz CT molecular complexity index is 369. The van der Waals surface area contributed by atoms with Crippen LogP contribution in [0.25, 0.3) is 6.08 Å². The van der Waals surface area contributed by atoms with Crippen LogP contribution in [0.4, 0.5) is 0 Å². The number of ether oxygens (including phenoxy) is 1. The first kappa shape index (κ1) is 12.3. The highest BCUT2D eigenvalue weighted by Crippen LogP contribution is 2.11.